The largest absolute Gasteiger partial charge is 0.343 e. The Morgan fingerprint density at radius 3 is 2.84 bits per heavy atom. The first-order valence-electron chi connectivity index (χ1n) is 11.1. The van der Waals surface area contributed by atoms with Crippen LogP contribution in [-0.2, 0) is 24.3 Å². The highest BCUT2D eigenvalue weighted by atomic mass is 35.5. The van der Waals surface area contributed by atoms with Crippen molar-refractivity contribution < 1.29 is 4.79 Å². The van der Waals surface area contributed by atoms with E-state index in [1.165, 1.54) is 6.42 Å². The van der Waals surface area contributed by atoms with E-state index < -0.39 is 0 Å². The third-order valence-electron chi connectivity index (χ3n) is 6.00. The number of fused-ring (bicyclic) bond motifs is 1. The number of carbonyl (C=O) groups is 1. The molecule has 0 radical (unpaired) electrons. The fourth-order valence-corrected chi connectivity index (χ4v) is 4.40. The molecule has 32 heavy (non-hydrogen) atoms. The Balaban J connectivity index is 1.44. The maximum Gasteiger partial charge on any atom is 0.244 e. The molecular weight excluding hydrogens is 424 g/mol. The minimum absolute atomic E-state index is 0.166. The normalized spacial score (nSPS) is 14.9. The number of rotatable bonds is 6. The quantitative estimate of drug-likeness (QED) is 0.562. The molecule has 8 heteroatoms. The van der Waals surface area contributed by atoms with Gasteiger partial charge in [-0.3, -0.25) is 9.48 Å². The second kappa shape index (κ2) is 9.69. The number of nitrogens with one attached hydrogen (secondary N) is 1. The van der Waals surface area contributed by atoms with Gasteiger partial charge in [0.2, 0.25) is 5.91 Å². The predicted molar refractivity (Wildman–Crippen MR) is 125 cm³/mol. The van der Waals surface area contributed by atoms with E-state index in [4.69, 9.17) is 11.6 Å². The van der Waals surface area contributed by atoms with Crippen LogP contribution in [0.4, 0.5) is 0 Å². The first-order valence-corrected chi connectivity index (χ1v) is 11.5. The number of nitrogens with zero attached hydrogens (tertiary/aromatic N) is 5. The molecule has 7 nitrogen and oxygen atoms in total. The maximum atomic E-state index is 12.6. The first kappa shape index (κ1) is 22.3. The molecule has 0 saturated heterocycles. The van der Waals surface area contributed by atoms with Crippen LogP contribution >= 0.6 is 11.6 Å². The van der Waals surface area contributed by atoms with Crippen molar-refractivity contribution in [1.29, 1.82) is 0 Å². The van der Waals surface area contributed by atoms with E-state index >= 15 is 0 Å². The van der Waals surface area contributed by atoms with Crippen LogP contribution < -0.4 is 5.32 Å². The zero-order chi connectivity index (χ0) is 22.7. The number of aryl methyl sites for hydroxylation is 2. The molecule has 0 saturated carbocycles. The smallest absolute Gasteiger partial charge is 0.244 e. The third-order valence-corrected chi connectivity index (χ3v) is 6.37. The van der Waals surface area contributed by atoms with E-state index in [-0.39, 0.29) is 11.9 Å². The number of amides is 1. The standard InChI is InChI=1S/C24H29ClN6O/c1-16-20(18(3)31(29-16)15-19-9-6-7-10-21(19)25)12-13-23(32)26-17(2)24-28-27-22-11-5-4-8-14-30(22)24/h6-7,9-10,12-13,17H,4-5,8,11,14-15H2,1-3H3,(H,26,32)/b13-12+. The van der Waals surface area contributed by atoms with Gasteiger partial charge in [-0.15, -0.1) is 10.2 Å². The zero-order valence-electron chi connectivity index (χ0n) is 18.8. The monoisotopic (exact) mass is 452 g/mol. The lowest BCUT2D eigenvalue weighted by Crippen LogP contribution is -2.27. The molecule has 0 aliphatic carbocycles. The number of carbonyl (C=O) groups excluding carboxylic acids is 1. The van der Waals surface area contributed by atoms with Gasteiger partial charge in [0.05, 0.1) is 18.3 Å². The Bertz CT molecular complexity index is 1150. The lowest BCUT2D eigenvalue weighted by molar-refractivity contribution is -0.117. The van der Waals surface area contributed by atoms with Crippen molar-refractivity contribution in [3.63, 3.8) is 0 Å². The van der Waals surface area contributed by atoms with Crippen LogP contribution in [-0.4, -0.2) is 30.5 Å². The van der Waals surface area contributed by atoms with E-state index in [1.807, 2.05) is 55.8 Å². The summed E-state index contributed by atoms with van der Waals surface area (Å²) < 4.78 is 4.08. The van der Waals surface area contributed by atoms with Crippen molar-refractivity contribution in [2.24, 2.45) is 0 Å². The van der Waals surface area contributed by atoms with E-state index in [9.17, 15) is 4.79 Å². The Morgan fingerprint density at radius 1 is 1.22 bits per heavy atom. The molecule has 1 atom stereocenters. The van der Waals surface area contributed by atoms with Gasteiger partial charge in [0.25, 0.3) is 0 Å². The second-order valence-corrected chi connectivity index (χ2v) is 8.74. The molecule has 1 unspecified atom stereocenters. The van der Waals surface area contributed by atoms with Crippen molar-refractivity contribution >= 4 is 23.6 Å². The van der Waals surface area contributed by atoms with Gasteiger partial charge in [0.15, 0.2) is 5.82 Å². The van der Waals surface area contributed by atoms with Crippen molar-refractivity contribution in [3.05, 3.63) is 69.5 Å². The van der Waals surface area contributed by atoms with Gasteiger partial charge < -0.3 is 9.88 Å². The van der Waals surface area contributed by atoms with E-state index in [1.54, 1.807) is 6.08 Å². The molecule has 3 heterocycles. The molecule has 0 spiro atoms. The molecule has 0 bridgehead atoms. The number of hydrogen-bond donors (Lipinski definition) is 1. The highest BCUT2D eigenvalue weighted by Crippen LogP contribution is 2.21. The molecule has 0 fully saturated rings. The fourth-order valence-electron chi connectivity index (χ4n) is 4.21. The van der Waals surface area contributed by atoms with Crippen LogP contribution in [0.3, 0.4) is 0 Å². The van der Waals surface area contributed by atoms with E-state index in [0.717, 1.165) is 65.0 Å². The lowest BCUT2D eigenvalue weighted by Gasteiger charge is -2.14. The number of hydrogen-bond acceptors (Lipinski definition) is 4. The topological polar surface area (TPSA) is 77.6 Å². The number of halogens is 1. The summed E-state index contributed by atoms with van der Waals surface area (Å²) in [6, 6.07) is 7.54. The highest BCUT2D eigenvalue weighted by molar-refractivity contribution is 6.31. The first-order chi connectivity index (χ1) is 15.4. The summed E-state index contributed by atoms with van der Waals surface area (Å²) in [5.41, 5.74) is 3.81. The molecule has 1 aliphatic heterocycles. The van der Waals surface area contributed by atoms with E-state index in [0.29, 0.717) is 6.54 Å². The summed E-state index contributed by atoms with van der Waals surface area (Å²) in [4.78, 5) is 12.6. The molecule has 1 aromatic carbocycles. The van der Waals surface area contributed by atoms with Crippen LogP contribution in [0.25, 0.3) is 6.08 Å². The third kappa shape index (κ3) is 4.78. The van der Waals surface area contributed by atoms with Gasteiger partial charge in [-0.1, -0.05) is 36.2 Å². The average molecular weight is 453 g/mol. The molecule has 1 N–H and O–H groups in total. The fraction of sp³-hybridized carbons (Fsp3) is 0.417. The van der Waals surface area contributed by atoms with Crippen molar-refractivity contribution in [2.75, 3.05) is 0 Å². The molecule has 1 amide bonds. The zero-order valence-corrected chi connectivity index (χ0v) is 19.6. The van der Waals surface area contributed by atoms with Crippen LogP contribution in [0.5, 0.6) is 0 Å². The van der Waals surface area contributed by atoms with Gasteiger partial charge in [-0.05, 0) is 51.3 Å². The molecule has 168 valence electrons. The second-order valence-electron chi connectivity index (χ2n) is 8.33. The van der Waals surface area contributed by atoms with Gasteiger partial charge in [-0.2, -0.15) is 5.10 Å². The maximum absolute atomic E-state index is 12.6. The van der Waals surface area contributed by atoms with Crippen molar-refractivity contribution in [1.82, 2.24) is 29.9 Å². The highest BCUT2D eigenvalue weighted by Gasteiger charge is 2.20. The van der Waals surface area contributed by atoms with Gasteiger partial charge in [0, 0.05) is 35.3 Å². The lowest BCUT2D eigenvalue weighted by atomic mass is 10.1. The molecular formula is C24H29ClN6O. The summed E-state index contributed by atoms with van der Waals surface area (Å²) in [7, 11) is 0. The van der Waals surface area contributed by atoms with Gasteiger partial charge >= 0.3 is 0 Å². The SMILES string of the molecule is Cc1nn(Cc2ccccc2Cl)c(C)c1/C=C/C(=O)NC(C)c1nnc2n1CCCCC2. The summed E-state index contributed by atoms with van der Waals surface area (Å²) >= 11 is 6.30. The van der Waals surface area contributed by atoms with Gasteiger partial charge in [0.1, 0.15) is 5.82 Å². The number of aromatic nitrogens is 5. The van der Waals surface area contributed by atoms with E-state index in [2.05, 4.69) is 25.2 Å². The Hall–Kier alpha value is -2.93. The minimum Gasteiger partial charge on any atom is -0.343 e. The Morgan fingerprint density at radius 2 is 2.03 bits per heavy atom. The summed E-state index contributed by atoms with van der Waals surface area (Å²) in [5.74, 6) is 1.68. The molecule has 4 rings (SSSR count). The predicted octanol–water partition coefficient (Wildman–Crippen LogP) is 4.41. The molecule has 1 aliphatic rings. The summed E-state index contributed by atoms with van der Waals surface area (Å²) in [6.07, 6.45) is 7.81. The molecule has 3 aromatic rings. The van der Waals surface area contributed by atoms with Crippen molar-refractivity contribution in [3.8, 4) is 0 Å². The van der Waals surface area contributed by atoms with Gasteiger partial charge in [-0.25, -0.2) is 0 Å². The Labute approximate surface area is 193 Å². The summed E-state index contributed by atoms with van der Waals surface area (Å²) in [6.45, 7) is 7.40. The van der Waals surface area contributed by atoms with Crippen LogP contribution in [0, 0.1) is 13.8 Å². The van der Waals surface area contributed by atoms with Crippen LogP contribution in [0.2, 0.25) is 5.02 Å². The van der Waals surface area contributed by atoms with Crippen LogP contribution in [0.1, 0.15) is 66.4 Å². The summed E-state index contributed by atoms with van der Waals surface area (Å²) in [5, 5.41) is 17.0. The minimum atomic E-state index is -0.211. The Kier molecular flexibility index (Phi) is 6.74. The number of benzene rings is 1. The van der Waals surface area contributed by atoms with Crippen LogP contribution in [0.15, 0.2) is 30.3 Å². The average Bonchev–Trinajstić information content (AvgIpc) is 3.18. The van der Waals surface area contributed by atoms with Crippen molar-refractivity contribution in [2.45, 2.75) is 65.6 Å². The molecule has 2 aromatic heterocycles.